The van der Waals surface area contributed by atoms with E-state index in [1.807, 2.05) is 37.3 Å². The molecule has 0 heterocycles. The van der Waals surface area contributed by atoms with Crippen LogP contribution < -0.4 is 11.1 Å². The van der Waals surface area contributed by atoms with Gasteiger partial charge in [0, 0.05) is 12.1 Å². The highest BCUT2D eigenvalue weighted by molar-refractivity contribution is 5.79. The molecule has 1 aliphatic rings. The first-order valence-electron chi connectivity index (χ1n) is 8.00. The van der Waals surface area contributed by atoms with Crippen molar-refractivity contribution in [3.05, 3.63) is 35.9 Å². The summed E-state index contributed by atoms with van der Waals surface area (Å²) in [5.74, 6) is -0.133. The Hall–Kier alpha value is -1.35. The molecule has 0 saturated heterocycles. The minimum atomic E-state index is -0.247. The van der Waals surface area contributed by atoms with Crippen molar-refractivity contribution in [3.8, 4) is 0 Å². The van der Waals surface area contributed by atoms with Crippen LogP contribution in [-0.2, 0) is 4.79 Å². The highest BCUT2D eigenvalue weighted by Crippen LogP contribution is 2.35. The van der Waals surface area contributed by atoms with Gasteiger partial charge in [-0.1, -0.05) is 57.5 Å². The van der Waals surface area contributed by atoms with E-state index in [9.17, 15) is 4.79 Å². The summed E-state index contributed by atoms with van der Waals surface area (Å²) >= 11 is 0. The van der Waals surface area contributed by atoms with Crippen LogP contribution in [0.4, 0.5) is 0 Å². The van der Waals surface area contributed by atoms with E-state index >= 15 is 0 Å². The smallest absolute Gasteiger partial charge is 0.224 e. The van der Waals surface area contributed by atoms with E-state index in [4.69, 9.17) is 5.73 Å². The van der Waals surface area contributed by atoms with Crippen LogP contribution >= 0.6 is 0 Å². The summed E-state index contributed by atoms with van der Waals surface area (Å²) in [5, 5.41) is 3.21. The molecule has 3 heteroatoms. The summed E-state index contributed by atoms with van der Waals surface area (Å²) in [6.07, 6.45) is 4.59. The number of nitrogens with two attached hydrogens (primary N) is 1. The van der Waals surface area contributed by atoms with E-state index in [0.717, 1.165) is 18.4 Å². The summed E-state index contributed by atoms with van der Waals surface area (Å²) in [6, 6.07) is 9.91. The second kappa shape index (κ2) is 6.61. The highest BCUT2D eigenvalue weighted by atomic mass is 16.1. The zero-order valence-electron chi connectivity index (χ0n) is 13.4. The second-order valence-corrected chi connectivity index (χ2v) is 7.19. The Morgan fingerprint density at radius 2 is 2.00 bits per heavy atom. The summed E-state index contributed by atoms with van der Waals surface area (Å²) in [5.41, 5.74) is 7.59. The van der Waals surface area contributed by atoms with Gasteiger partial charge < -0.3 is 11.1 Å². The fourth-order valence-corrected chi connectivity index (χ4v) is 3.28. The van der Waals surface area contributed by atoms with Crippen LogP contribution in [0.5, 0.6) is 0 Å². The topological polar surface area (TPSA) is 55.1 Å². The molecule has 3 nitrogen and oxygen atoms in total. The van der Waals surface area contributed by atoms with Gasteiger partial charge in [-0.2, -0.15) is 0 Å². The van der Waals surface area contributed by atoms with Crippen LogP contribution in [0.25, 0.3) is 0 Å². The third-order valence-corrected chi connectivity index (χ3v) is 4.69. The largest absolute Gasteiger partial charge is 0.353 e. The summed E-state index contributed by atoms with van der Waals surface area (Å²) < 4.78 is 0. The minimum absolute atomic E-state index is 0.0778. The predicted molar refractivity (Wildman–Crippen MR) is 86.7 cm³/mol. The van der Waals surface area contributed by atoms with E-state index in [0.29, 0.717) is 11.5 Å². The number of carbonyl (C=O) groups excluding carboxylic acids is 1. The van der Waals surface area contributed by atoms with Crippen molar-refractivity contribution >= 4 is 5.91 Å². The third-order valence-electron chi connectivity index (χ3n) is 4.69. The molecule has 0 aliphatic heterocycles. The molecule has 2 rings (SSSR count). The van der Waals surface area contributed by atoms with Crippen LogP contribution in [0.1, 0.15) is 58.1 Å². The Morgan fingerprint density at radius 3 is 2.62 bits per heavy atom. The van der Waals surface area contributed by atoms with Crippen LogP contribution in [-0.4, -0.2) is 11.9 Å². The molecule has 1 aromatic carbocycles. The maximum Gasteiger partial charge on any atom is 0.224 e. The number of nitrogens with one attached hydrogen (secondary N) is 1. The van der Waals surface area contributed by atoms with Gasteiger partial charge in [0.1, 0.15) is 0 Å². The van der Waals surface area contributed by atoms with Gasteiger partial charge in [-0.25, -0.2) is 0 Å². The van der Waals surface area contributed by atoms with Crippen molar-refractivity contribution < 1.29 is 4.79 Å². The van der Waals surface area contributed by atoms with Crippen LogP contribution in [0.2, 0.25) is 0 Å². The van der Waals surface area contributed by atoms with Crippen LogP contribution in [0, 0.1) is 11.3 Å². The van der Waals surface area contributed by atoms with E-state index in [2.05, 4.69) is 19.2 Å². The Balaban J connectivity index is 1.93. The van der Waals surface area contributed by atoms with E-state index in [-0.39, 0.29) is 17.9 Å². The summed E-state index contributed by atoms with van der Waals surface area (Å²) in [7, 11) is 0. The lowest BCUT2D eigenvalue weighted by molar-refractivity contribution is -0.126. The van der Waals surface area contributed by atoms with Gasteiger partial charge >= 0.3 is 0 Å². The first-order valence-corrected chi connectivity index (χ1v) is 8.00. The zero-order valence-corrected chi connectivity index (χ0v) is 13.4. The number of benzene rings is 1. The quantitative estimate of drug-likeness (QED) is 0.892. The van der Waals surface area contributed by atoms with Crippen molar-refractivity contribution in [1.82, 2.24) is 5.32 Å². The Labute approximate surface area is 128 Å². The van der Waals surface area contributed by atoms with Crippen molar-refractivity contribution in [2.45, 2.75) is 58.5 Å². The average Bonchev–Trinajstić information content (AvgIpc) is 2.45. The monoisotopic (exact) mass is 288 g/mol. The fraction of sp³-hybridized carbons (Fsp3) is 0.611. The third kappa shape index (κ3) is 4.31. The van der Waals surface area contributed by atoms with Gasteiger partial charge in [-0.15, -0.1) is 0 Å². The fourth-order valence-electron chi connectivity index (χ4n) is 3.28. The van der Waals surface area contributed by atoms with Crippen molar-refractivity contribution in [2.24, 2.45) is 17.1 Å². The molecular weight excluding hydrogens is 260 g/mol. The zero-order chi connectivity index (χ0) is 15.5. The molecule has 21 heavy (non-hydrogen) atoms. The number of amides is 1. The second-order valence-electron chi connectivity index (χ2n) is 7.19. The Morgan fingerprint density at radius 1 is 1.33 bits per heavy atom. The lowest BCUT2D eigenvalue weighted by Gasteiger charge is -2.36. The first kappa shape index (κ1) is 16.0. The number of hydrogen-bond acceptors (Lipinski definition) is 2. The number of carbonyl (C=O) groups is 1. The van der Waals surface area contributed by atoms with Gasteiger partial charge in [0.05, 0.1) is 5.92 Å². The molecule has 1 fully saturated rings. The van der Waals surface area contributed by atoms with E-state index in [1.165, 1.54) is 12.8 Å². The minimum Gasteiger partial charge on any atom is -0.353 e. The molecule has 3 N–H and O–H groups in total. The Kier molecular flexibility index (Phi) is 5.04. The first-order chi connectivity index (χ1) is 9.89. The van der Waals surface area contributed by atoms with Crippen molar-refractivity contribution in [3.63, 3.8) is 0 Å². The summed E-state index contributed by atoms with van der Waals surface area (Å²) in [6.45, 7) is 6.48. The van der Waals surface area contributed by atoms with Gasteiger partial charge in [0.15, 0.2) is 0 Å². The van der Waals surface area contributed by atoms with Crippen molar-refractivity contribution in [2.75, 3.05) is 0 Å². The molecular formula is C18H28N2O. The summed E-state index contributed by atoms with van der Waals surface area (Å²) in [4.78, 5) is 12.4. The maximum absolute atomic E-state index is 12.4. The molecule has 1 amide bonds. The molecule has 1 aliphatic carbocycles. The van der Waals surface area contributed by atoms with Gasteiger partial charge in [0.2, 0.25) is 5.91 Å². The number of rotatable bonds is 4. The molecule has 1 saturated carbocycles. The molecule has 1 aromatic rings. The molecule has 116 valence electrons. The number of hydrogen-bond donors (Lipinski definition) is 2. The molecule has 0 aromatic heterocycles. The molecule has 0 bridgehead atoms. The maximum atomic E-state index is 12.4. The van der Waals surface area contributed by atoms with Crippen LogP contribution in [0.3, 0.4) is 0 Å². The lowest BCUT2D eigenvalue weighted by Crippen LogP contribution is -2.44. The van der Waals surface area contributed by atoms with Gasteiger partial charge in [-0.3, -0.25) is 4.79 Å². The SMILES string of the molecule is CC(C(=O)NC1CCCC(C)(C)C1)C(N)c1ccccc1. The normalized spacial score (nSPS) is 24.1. The van der Waals surface area contributed by atoms with Gasteiger partial charge in [-0.05, 0) is 30.2 Å². The highest BCUT2D eigenvalue weighted by Gasteiger charge is 2.30. The average molecular weight is 288 g/mol. The molecule has 0 spiro atoms. The van der Waals surface area contributed by atoms with Crippen LogP contribution in [0.15, 0.2) is 30.3 Å². The lowest BCUT2D eigenvalue weighted by atomic mass is 9.75. The molecule has 3 unspecified atom stereocenters. The standard InChI is InChI=1S/C18H28N2O/c1-13(16(19)14-8-5-4-6-9-14)17(21)20-15-10-7-11-18(2,3)12-15/h4-6,8-9,13,15-16H,7,10-12,19H2,1-3H3,(H,20,21). The van der Waals surface area contributed by atoms with Gasteiger partial charge in [0.25, 0.3) is 0 Å². The Bertz CT molecular complexity index is 469. The predicted octanol–water partition coefficient (Wildman–Crippen LogP) is 3.41. The van der Waals surface area contributed by atoms with E-state index < -0.39 is 0 Å². The van der Waals surface area contributed by atoms with E-state index in [1.54, 1.807) is 0 Å². The van der Waals surface area contributed by atoms with Crippen molar-refractivity contribution in [1.29, 1.82) is 0 Å². The molecule has 3 atom stereocenters. The molecule has 0 radical (unpaired) electrons.